The second kappa shape index (κ2) is 17.3. The lowest BCUT2D eigenvalue weighted by molar-refractivity contribution is 1.12. The highest BCUT2D eigenvalue weighted by Crippen LogP contribution is 2.44. The summed E-state index contributed by atoms with van der Waals surface area (Å²) in [5.41, 5.74) is 21.2. The summed E-state index contributed by atoms with van der Waals surface area (Å²) in [6, 6.07) is 77.3. The van der Waals surface area contributed by atoms with E-state index < -0.39 is 0 Å². The van der Waals surface area contributed by atoms with Crippen LogP contribution in [-0.2, 0) is 0 Å². The first-order chi connectivity index (χ1) is 35.2. The predicted molar refractivity (Wildman–Crippen MR) is 295 cm³/mol. The number of fused-ring (bicyclic) bond motifs is 6. The largest absolute Gasteiger partial charge is 0.308 e. The molecule has 12 aromatic rings. The zero-order valence-electron chi connectivity index (χ0n) is 40.3. The number of hydrogen-bond donors (Lipinski definition) is 0. The van der Waals surface area contributed by atoms with Crippen molar-refractivity contribution in [1.29, 1.82) is 15.8 Å². The first kappa shape index (κ1) is 43.5. The van der Waals surface area contributed by atoms with Crippen LogP contribution in [0.15, 0.2) is 200 Å². The zero-order valence-corrected chi connectivity index (χ0v) is 40.3. The van der Waals surface area contributed by atoms with Gasteiger partial charge in [-0.3, -0.25) is 0 Å². The van der Waals surface area contributed by atoms with Crippen LogP contribution < -0.4 is 0 Å². The highest BCUT2D eigenvalue weighted by molar-refractivity contribution is 6.13. The fourth-order valence-corrected chi connectivity index (χ4v) is 11.0. The second-order valence-electron chi connectivity index (χ2n) is 18.9. The van der Waals surface area contributed by atoms with Gasteiger partial charge in [0, 0.05) is 21.5 Å². The van der Waals surface area contributed by atoms with Crippen LogP contribution in [0.25, 0.3) is 111 Å². The van der Waals surface area contributed by atoms with Crippen molar-refractivity contribution in [3.63, 3.8) is 0 Å². The molecule has 0 N–H and O–H groups in total. The summed E-state index contributed by atoms with van der Waals surface area (Å²) < 4.78 is 4.54. The maximum atomic E-state index is 12.0. The van der Waals surface area contributed by atoms with Gasteiger partial charge in [0.1, 0.15) is 11.6 Å². The fourth-order valence-electron chi connectivity index (χ4n) is 11.0. The summed E-state index contributed by atoms with van der Waals surface area (Å²) in [5.74, 6) is 0. The average molecular weight is 920 g/mol. The highest BCUT2D eigenvalue weighted by Gasteiger charge is 2.25. The SMILES string of the molecule is Cc1ccccc1-c1ccc2c3ccc(-c4ccccc4C)cc3n(-c3cc(-c4cc(C#N)cc(C#N)c4)cc(-n4c5cc(-c6ccccc6C)ccc5c5ccc(-c6ccccc6C)cc54)c3C#N)c2c1. The average Bonchev–Trinajstić information content (AvgIpc) is 3.91. The Hall–Kier alpha value is -9.73. The molecule has 0 aliphatic heterocycles. The maximum absolute atomic E-state index is 12.0. The van der Waals surface area contributed by atoms with Crippen molar-refractivity contribution in [1.82, 2.24) is 9.13 Å². The number of nitriles is 3. The molecule has 0 amide bonds. The number of benzene rings is 10. The van der Waals surface area contributed by atoms with Gasteiger partial charge < -0.3 is 9.13 Å². The van der Waals surface area contributed by atoms with Crippen LogP contribution in [0.3, 0.4) is 0 Å². The molecule has 0 atom stereocenters. The Morgan fingerprint density at radius 2 is 0.583 bits per heavy atom. The molecule has 10 aromatic carbocycles. The maximum Gasteiger partial charge on any atom is 0.104 e. The molecule has 2 aromatic heterocycles. The Labute approximate surface area is 418 Å². The molecule has 0 aliphatic carbocycles. The molecular weight excluding hydrogens is 875 g/mol. The van der Waals surface area contributed by atoms with Crippen LogP contribution in [-0.4, -0.2) is 9.13 Å². The number of rotatable bonds is 7. The van der Waals surface area contributed by atoms with Gasteiger partial charge in [-0.15, -0.1) is 0 Å². The Morgan fingerprint density at radius 1 is 0.292 bits per heavy atom. The Balaban J connectivity index is 1.26. The van der Waals surface area contributed by atoms with E-state index in [1.54, 1.807) is 6.07 Å². The smallest absolute Gasteiger partial charge is 0.104 e. The first-order valence-electron chi connectivity index (χ1n) is 24.2. The third-order valence-electron chi connectivity index (χ3n) is 14.6. The summed E-state index contributed by atoms with van der Waals surface area (Å²) in [7, 11) is 0. The molecule has 0 aliphatic rings. The molecule has 5 nitrogen and oxygen atoms in total. The molecule has 0 radical (unpaired) electrons. The van der Waals surface area contributed by atoms with Crippen LogP contribution in [0.2, 0.25) is 0 Å². The molecule has 72 heavy (non-hydrogen) atoms. The van der Waals surface area contributed by atoms with Crippen molar-refractivity contribution in [3.8, 4) is 85.2 Å². The second-order valence-corrected chi connectivity index (χ2v) is 18.9. The molecule has 0 unspecified atom stereocenters. The Kier molecular flexibility index (Phi) is 10.5. The van der Waals surface area contributed by atoms with Crippen molar-refractivity contribution < 1.29 is 0 Å². The van der Waals surface area contributed by atoms with Gasteiger partial charge in [0.25, 0.3) is 0 Å². The molecule has 338 valence electrons. The van der Waals surface area contributed by atoms with Crippen LogP contribution in [0.4, 0.5) is 0 Å². The van der Waals surface area contributed by atoms with E-state index in [9.17, 15) is 15.8 Å². The van der Waals surface area contributed by atoms with Gasteiger partial charge in [0.2, 0.25) is 0 Å². The normalized spacial score (nSPS) is 11.3. The summed E-state index contributed by atoms with van der Waals surface area (Å²) >= 11 is 0. The van der Waals surface area contributed by atoms with Gasteiger partial charge >= 0.3 is 0 Å². The van der Waals surface area contributed by atoms with E-state index >= 15 is 0 Å². The van der Waals surface area contributed by atoms with E-state index in [1.807, 2.05) is 12.1 Å². The lowest BCUT2D eigenvalue weighted by atomic mass is 9.96. The number of nitrogens with zero attached hydrogens (tertiary/aromatic N) is 5. The molecular formula is C67H45N5. The number of hydrogen-bond acceptors (Lipinski definition) is 3. The molecule has 0 spiro atoms. The monoisotopic (exact) mass is 919 g/mol. The van der Waals surface area contributed by atoms with Gasteiger partial charge in [-0.1, -0.05) is 146 Å². The van der Waals surface area contributed by atoms with E-state index in [1.165, 1.54) is 0 Å². The molecule has 2 heterocycles. The molecule has 0 saturated heterocycles. The van der Waals surface area contributed by atoms with E-state index in [0.29, 0.717) is 33.6 Å². The predicted octanol–water partition coefficient (Wildman–Crippen LogP) is 17.1. The molecule has 0 fully saturated rings. The van der Waals surface area contributed by atoms with Crippen molar-refractivity contribution in [2.24, 2.45) is 0 Å². The fraction of sp³-hybridized carbons (Fsp3) is 0.0597. The quantitative estimate of drug-likeness (QED) is 0.160. The summed E-state index contributed by atoms with van der Waals surface area (Å²) in [5, 5.41) is 36.9. The van der Waals surface area contributed by atoms with Crippen LogP contribution in [0.1, 0.15) is 38.9 Å². The van der Waals surface area contributed by atoms with Crippen LogP contribution in [0.5, 0.6) is 0 Å². The van der Waals surface area contributed by atoms with E-state index in [0.717, 1.165) is 116 Å². The first-order valence-corrected chi connectivity index (χ1v) is 24.2. The highest BCUT2D eigenvalue weighted by atomic mass is 15.0. The van der Waals surface area contributed by atoms with Gasteiger partial charge in [0.15, 0.2) is 0 Å². The summed E-state index contributed by atoms with van der Waals surface area (Å²) in [6.45, 7) is 8.55. The molecule has 0 saturated carbocycles. The van der Waals surface area contributed by atoms with Gasteiger partial charge in [0.05, 0.1) is 56.7 Å². The van der Waals surface area contributed by atoms with Crippen molar-refractivity contribution >= 4 is 43.6 Å². The summed E-state index contributed by atoms with van der Waals surface area (Å²) in [6.07, 6.45) is 0. The van der Waals surface area contributed by atoms with Gasteiger partial charge in [-0.05, 0) is 160 Å². The summed E-state index contributed by atoms with van der Waals surface area (Å²) in [4.78, 5) is 0. The Morgan fingerprint density at radius 3 is 0.861 bits per heavy atom. The number of aromatic nitrogens is 2. The lowest BCUT2D eigenvalue weighted by Crippen LogP contribution is -2.06. The minimum absolute atomic E-state index is 0.377. The Bertz CT molecular complexity index is 3900. The molecule has 12 rings (SSSR count). The van der Waals surface area contributed by atoms with E-state index in [4.69, 9.17) is 0 Å². The third-order valence-corrected chi connectivity index (χ3v) is 14.6. The standard InChI is InChI=1S/C67H45N5/c1-41-13-5-9-17-53(41)47-21-25-57-58-26-22-48(54-18-10-6-14-42(54)2)33-63(58)71(62(57)32-47)66-36-52(51-30-45(38-68)29-46(31-51)39-69)37-67(61(66)40-70)72-64-34-49(55-19-11-7-15-43(55)3)23-27-59(64)60-28-24-50(35-65(60)72)56-20-12-8-16-44(56)4/h5-37H,1-4H3. The van der Waals surface area contributed by atoms with E-state index in [-0.39, 0.29) is 0 Å². The van der Waals surface area contributed by atoms with Crippen molar-refractivity contribution in [3.05, 3.63) is 239 Å². The zero-order chi connectivity index (χ0) is 49.2. The van der Waals surface area contributed by atoms with E-state index in [2.05, 4.69) is 237 Å². The third kappa shape index (κ3) is 7.13. The van der Waals surface area contributed by atoms with Crippen LogP contribution in [0, 0.1) is 61.7 Å². The number of aryl methyl sites for hydroxylation is 4. The molecule has 0 bridgehead atoms. The van der Waals surface area contributed by atoms with Crippen molar-refractivity contribution in [2.75, 3.05) is 0 Å². The van der Waals surface area contributed by atoms with Gasteiger partial charge in [-0.2, -0.15) is 15.8 Å². The minimum Gasteiger partial charge on any atom is -0.308 e. The molecule has 5 heteroatoms. The topological polar surface area (TPSA) is 81.2 Å². The minimum atomic E-state index is 0.377. The lowest BCUT2D eigenvalue weighted by Gasteiger charge is -2.19. The van der Waals surface area contributed by atoms with Crippen molar-refractivity contribution in [2.45, 2.75) is 27.7 Å². The van der Waals surface area contributed by atoms with Gasteiger partial charge in [-0.25, -0.2) is 0 Å². The van der Waals surface area contributed by atoms with Crippen LogP contribution >= 0.6 is 0 Å².